The molecule has 0 radical (unpaired) electrons. The summed E-state index contributed by atoms with van der Waals surface area (Å²) in [4.78, 5) is 9.99. The lowest BCUT2D eigenvalue weighted by Gasteiger charge is -2.08. The van der Waals surface area contributed by atoms with Gasteiger partial charge >= 0.3 is 5.88 Å². The molecule has 0 aromatic heterocycles. The van der Waals surface area contributed by atoms with E-state index in [4.69, 9.17) is 4.42 Å². The fraction of sp³-hybridized carbons (Fsp3) is 0. The van der Waals surface area contributed by atoms with Crippen LogP contribution in [0.25, 0.3) is 11.1 Å². The Morgan fingerprint density at radius 3 is 2.41 bits per heavy atom. The first kappa shape index (κ1) is 14.1. The van der Waals surface area contributed by atoms with Crippen LogP contribution in [0.1, 0.15) is 0 Å². The Balaban J connectivity index is 2.27. The van der Waals surface area contributed by atoms with Gasteiger partial charge in [-0.2, -0.15) is 0 Å². The number of aromatic hydroxyl groups is 1. The smallest absolute Gasteiger partial charge is 0.434 e. The summed E-state index contributed by atoms with van der Waals surface area (Å²) in [7, 11) is -4.09. The summed E-state index contributed by atoms with van der Waals surface area (Å²) in [5.74, 6) is -0.746. The van der Waals surface area contributed by atoms with Gasteiger partial charge in [0, 0.05) is 5.56 Å². The summed E-state index contributed by atoms with van der Waals surface area (Å²) in [6.45, 7) is 0. The monoisotopic (exact) mass is 319 g/mol. The van der Waals surface area contributed by atoms with Gasteiger partial charge in [-0.15, -0.1) is 0 Å². The topological polar surface area (TPSA) is 111 Å². The maximum absolute atomic E-state index is 12.6. The quantitative estimate of drug-likeness (QED) is 0.587. The van der Waals surface area contributed by atoms with Crippen LogP contribution in [-0.2, 0) is 9.84 Å². The molecule has 3 rings (SSSR count). The predicted molar refractivity (Wildman–Crippen MR) is 75.5 cm³/mol. The first-order chi connectivity index (χ1) is 10.4. The zero-order chi connectivity index (χ0) is 15.9. The van der Waals surface area contributed by atoms with Gasteiger partial charge in [0.05, 0.1) is 11.0 Å². The largest absolute Gasteiger partial charge is 0.508 e. The van der Waals surface area contributed by atoms with E-state index in [9.17, 15) is 23.6 Å². The number of benzene rings is 1. The SMILES string of the molecule is O=[N+]([O-])c1cc2cccc-2c(S(=O)(=O)c2ccc(O)cc2)o1. The number of rotatable bonds is 3. The third-order valence-corrected chi connectivity index (χ3v) is 4.80. The van der Waals surface area contributed by atoms with Crippen molar-refractivity contribution in [2.75, 3.05) is 0 Å². The molecule has 1 aromatic rings. The number of hydrogen-bond acceptors (Lipinski definition) is 6. The molecule has 0 saturated heterocycles. The van der Waals surface area contributed by atoms with Crippen LogP contribution in [0.4, 0.5) is 5.88 Å². The molecular weight excluding hydrogens is 310 g/mol. The molecule has 8 heteroatoms. The molecule has 0 atom stereocenters. The number of fused-ring (bicyclic) bond motifs is 1. The van der Waals surface area contributed by atoms with Crippen LogP contribution in [0.2, 0.25) is 0 Å². The van der Waals surface area contributed by atoms with Crippen LogP contribution in [0.15, 0.2) is 62.9 Å². The molecule has 7 nitrogen and oxygen atoms in total. The Bertz CT molecular complexity index is 926. The van der Waals surface area contributed by atoms with Crippen molar-refractivity contribution >= 4 is 15.7 Å². The second-order valence-electron chi connectivity index (χ2n) is 4.52. The highest BCUT2D eigenvalue weighted by Crippen LogP contribution is 2.37. The first-order valence-electron chi connectivity index (χ1n) is 6.10. The summed E-state index contributed by atoms with van der Waals surface area (Å²) in [6, 6.07) is 10.7. The van der Waals surface area contributed by atoms with Crippen molar-refractivity contribution in [1.82, 2.24) is 0 Å². The Labute approximate surface area is 124 Å². The van der Waals surface area contributed by atoms with E-state index in [1.54, 1.807) is 12.1 Å². The molecule has 112 valence electrons. The van der Waals surface area contributed by atoms with E-state index in [-0.39, 0.29) is 16.2 Å². The highest BCUT2D eigenvalue weighted by molar-refractivity contribution is 7.91. The fourth-order valence-electron chi connectivity index (χ4n) is 2.08. The molecule has 1 N–H and O–H groups in total. The van der Waals surface area contributed by atoms with E-state index < -0.39 is 25.7 Å². The maximum Gasteiger partial charge on any atom is 0.434 e. The van der Waals surface area contributed by atoms with E-state index in [1.807, 2.05) is 0 Å². The summed E-state index contributed by atoms with van der Waals surface area (Å²) < 4.78 is 30.3. The minimum Gasteiger partial charge on any atom is -0.508 e. The summed E-state index contributed by atoms with van der Waals surface area (Å²) in [5.41, 5.74) is 0.661. The molecule has 0 bridgehead atoms. The molecule has 1 heterocycles. The lowest BCUT2D eigenvalue weighted by Crippen LogP contribution is -2.05. The van der Waals surface area contributed by atoms with Gasteiger partial charge in [-0.3, -0.25) is 10.1 Å². The van der Waals surface area contributed by atoms with Gasteiger partial charge in [0.1, 0.15) is 10.7 Å². The molecule has 0 amide bonds. The van der Waals surface area contributed by atoms with Crippen molar-refractivity contribution in [3.63, 3.8) is 0 Å². The third kappa shape index (κ3) is 2.19. The number of hydrogen-bond donors (Lipinski definition) is 1. The van der Waals surface area contributed by atoms with Crippen LogP contribution < -0.4 is 0 Å². The molecule has 0 fully saturated rings. The lowest BCUT2D eigenvalue weighted by molar-refractivity contribution is -0.404. The number of phenols is 1. The highest BCUT2D eigenvalue weighted by Gasteiger charge is 2.29. The second kappa shape index (κ2) is 4.85. The standard InChI is InChI=1S/C14H9NO6S/c16-10-4-6-11(7-5-10)22(19,20)14-12-3-1-2-9(12)8-13(21-14)15(17)18/h1-8,16H. The Morgan fingerprint density at radius 1 is 1.09 bits per heavy atom. The Kier molecular flexibility index (Phi) is 3.10. The van der Waals surface area contributed by atoms with Gasteiger partial charge in [-0.05, 0) is 35.9 Å². The van der Waals surface area contributed by atoms with Crippen molar-refractivity contribution in [3.05, 3.63) is 58.6 Å². The lowest BCUT2D eigenvalue weighted by atomic mass is 10.2. The molecule has 1 aliphatic heterocycles. The first-order valence-corrected chi connectivity index (χ1v) is 7.59. The normalized spacial score (nSPS) is 11.6. The van der Waals surface area contributed by atoms with Gasteiger partial charge < -0.3 is 9.52 Å². The van der Waals surface area contributed by atoms with Gasteiger partial charge in [-0.1, -0.05) is 12.1 Å². The van der Waals surface area contributed by atoms with Crippen molar-refractivity contribution in [2.24, 2.45) is 0 Å². The van der Waals surface area contributed by atoms with E-state index in [0.29, 0.717) is 5.56 Å². The minimum absolute atomic E-state index is 0.0895. The van der Waals surface area contributed by atoms with Gasteiger partial charge in [-0.25, -0.2) is 8.42 Å². The average Bonchev–Trinajstić information content (AvgIpc) is 2.94. The predicted octanol–water partition coefficient (Wildman–Crippen LogP) is 2.83. The van der Waals surface area contributed by atoms with E-state index in [0.717, 1.165) is 0 Å². The zero-order valence-electron chi connectivity index (χ0n) is 11.0. The van der Waals surface area contributed by atoms with Crippen molar-refractivity contribution < 1.29 is 22.9 Å². The van der Waals surface area contributed by atoms with Crippen molar-refractivity contribution in [2.45, 2.75) is 9.99 Å². The summed E-state index contributed by atoms with van der Waals surface area (Å²) >= 11 is 0. The molecule has 0 unspecified atom stereocenters. The molecule has 0 saturated carbocycles. The molecule has 0 spiro atoms. The minimum atomic E-state index is -4.09. The second-order valence-corrected chi connectivity index (χ2v) is 6.37. The zero-order valence-corrected chi connectivity index (χ0v) is 11.8. The van der Waals surface area contributed by atoms with E-state index >= 15 is 0 Å². The molecule has 1 aliphatic carbocycles. The summed E-state index contributed by atoms with van der Waals surface area (Å²) in [6.07, 6.45) is 0. The van der Waals surface area contributed by atoms with Crippen molar-refractivity contribution in [3.8, 4) is 16.9 Å². The van der Waals surface area contributed by atoms with Crippen molar-refractivity contribution in [1.29, 1.82) is 0 Å². The van der Waals surface area contributed by atoms with Gasteiger partial charge in [0.25, 0.3) is 0 Å². The third-order valence-electron chi connectivity index (χ3n) is 3.12. The Morgan fingerprint density at radius 2 is 1.77 bits per heavy atom. The number of phenolic OH excluding ortho intramolecular Hbond substituents is 1. The Hall–Kier alpha value is -2.87. The highest BCUT2D eigenvalue weighted by atomic mass is 32.2. The van der Waals surface area contributed by atoms with Gasteiger partial charge in [0.15, 0.2) is 0 Å². The van der Waals surface area contributed by atoms with Gasteiger partial charge in [0.2, 0.25) is 14.9 Å². The van der Waals surface area contributed by atoms with Crippen LogP contribution in [0.5, 0.6) is 5.75 Å². The van der Waals surface area contributed by atoms with Crippen LogP contribution >= 0.6 is 0 Å². The molecule has 1 aromatic carbocycles. The van der Waals surface area contributed by atoms with Crippen LogP contribution in [0, 0.1) is 10.1 Å². The summed E-state index contributed by atoms with van der Waals surface area (Å²) in [5, 5.41) is 19.7. The fourth-order valence-corrected chi connectivity index (χ4v) is 3.46. The average molecular weight is 319 g/mol. The number of nitro groups is 1. The van der Waals surface area contributed by atoms with E-state index in [2.05, 4.69) is 0 Å². The molecule has 22 heavy (non-hydrogen) atoms. The van der Waals surface area contributed by atoms with E-state index in [1.165, 1.54) is 36.4 Å². The van der Waals surface area contributed by atoms with Crippen LogP contribution in [0.3, 0.4) is 0 Å². The van der Waals surface area contributed by atoms with Crippen LogP contribution in [-0.4, -0.2) is 18.4 Å². The molecule has 2 aliphatic rings. The molecular formula is C14H9NO6S. The number of sulfone groups is 1. The maximum atomic E-state index is 12.6. The number of nitrogens with zero attached hydrogens (tertiary/aromatic N) is 1.